The van der Waals surface area contributed by atoms with Gasteiger partial charge in [-0.3, -0.25) is 9.78 Å². The molecule has 0 aliphatic carbocycles. The molecular formula is C16H16N2O3. The van der Waals surface area contributed by atoms with Gasteiger partial charge in [0.1, 0.15) is 0 Å². The first-order chi connectivity index (χ1) is 10.2. The minimum atomic E-state index is -0.405. The Balaban J connectivity index is 2.27. The van der Waals surface area contributed by atoms with Crippen molar-refractivity contribution in [1.29, 1.82) is 0 Å². The Morgan fingerprint density at radius 2 is 2.19 bits per heavy atom. The van der Waals surface area contributed by atoms with Gasteiger partial charge >= 0.3 is 5.97 Å². The van der Waals surface area contributed by atoms with Gasteiger partial charge in [0.15, 0.2) is 0 Å². The predicted octanol–water partition coefficient (Wildman–Crippen LogP) is 2.03. The van der Waals surface area contributed by atoms with Crippen molar-refractivity contribution in [2.24, 2.45) is 0 Å². The number of hydrogen-bond acceptors (Lipinski definition) is 4. The first kappa shape index (κ1) is 13.5. The molecule has 3 rings (SSSR count). The summed E-state index contributed by atoms with van der Waals surface area (Å²) in [7, 11) is 1.35. The van der Waals surface area contributed by atoms with Crippen molar-refractivity contribution in [2.45, 2.75) is 25.8 Å². The topological polar surface area (TPSA) is 61.2 Å². The highest BCUT2D eigenvalue weighted by Crippen LogP contribution is 2.22. The molecule has 0 saturated carbocycles. The molecule has 2 aromatic heterocycles. The monoisotopic (exact) mass is 284 g/mol. The lowest BCUT2D eigenvalue weighted by Gasteiger charge is -2.21. The summed E-state index contributed by atoms with van der Waals surface area (Å²) in [6.45, 7) is 0.638. The fourth-order valence-electron chi connectivity index (χ4n) is 2.76. The fraction of sp³-hybridized carbons (Fsp3) is 0.312. The van der Waals surface area contributed by atoms with Gasteiger partial charge in [-0.15, -0.1) is 0 Å². The van der Waals surface area contributed by atoms with Gasteiger partial charge in [-0.25, -0.2) is 4.79 Å². The van der Waals surface area contributed by atoms with Crippen molar-refractivity contribution < 1.29 is 9.53 Å². The Labute approximate surface area is 122 Å². The second kappa shape index (κ2) is 5.52. The van der Waals surface area contributed by atoms with Crippen LogP contribution < -0.4 is 5.56 Å². The van der Waals surface area contributed by atoms with Crippen molar-refractivity contribution in [3.8, 4) is 11.3 Å². The molecular weight excluding hydrogens is 268 g/mol. The molecule has 1 aliphatic heterocycles. The molecule has 0 fully saturated rings. The van der Waals surface area contributed by atoms with Crippen LogP contribution in [-0.2, 0) is 17.7 Å². The van der Waals surface area contributed by atoms with E-state index in [1.54, 1.807) is 29.0 Å². The maximum absolute atomic E-state index is 12.6. The maximum Gasteiger partial charge on any atom is 0.339 e. The van der Waals surface area contributed by atoms with Crippen molar-refractivity contribution in [2.75, 3.05) is 7.11 Å². The van der Waals surface area contributed by atoms with Gasteiger partial charge < -0.3 is 9.30 Å². The highest BCUT2D eigenvalue weighted by molar-refractivity contribution is 5.92. The van der Waals surface area contributed by atoms with E-state index in [0.29, 0.717) is 23.4 Å². The molecule has 0 amide bonds. The number of fused-ring (bicyclic) bond motifs is 1. The van der Waals surface area contributed by atoms with Gasteiger partial charge in [-0.05, 0) is 37.5 Å². The third-order valence-electron chi connectivity index (χ3n) is 3.79. The molecule has 5 nitrogen and oxygen atoms in total. The number of methoxy groups -OCH3 is 1. The van der Waals surface area contributed by atoms with Crippen LogP contribution in [0.5, 0.6) is 0 Å². The van der Waals surface area contributed by atoms with Crippen LogP contribution in [0.15, 0.2) is 35.3 Å². The number of aromatic nitrogens is 2. The fourth-order valence-corrected chi connectivity index (χ4v) is 2.76. The summed E-state index contributed by atoms with van der Waals surface area (Å²) in [5.41, 5.74) is 2.18. The summed E-state index contributed by atoms with van der Waals surface area (Å²) in [5.74, 6) is -0.405. The van der Waals surface area contributed by atoms with Gasteiger partial charge in [0.25, 0.3) is 5.56 Å². The number of rotatable bonds is 2. The number of ether oxygens (including phenoxy) is 1. The zero-order chi connectivity index (χ0) is 14.8. The van der Waals surface area contributed by atoms with Crippen LogP contribution in [0.3, 0.4) is 0 Å². The van der Waals surface area contributed by atoms with Crippen LogP contribution in [0.4, 0.5) is 0 Å². The average Bonchev–Trinajstić information content (AvgIpc) is 2.55. The molecule has 0 radical (unpaired) electrons. The van der Waals surface area contributed by atoms with E-state index < -0.39 is 5.97 Å². The number of esters is 1. The van der Waals surface area contributed by atoms with E-state index in [-0.39, 0.29) is 5.56 Å². The van der Waals surface area contributed by atoms with Gasteiger partial charge in [-0.1, -0.05) is 6.07 Å². The molecule has 5 heteroatoms. The number of carbonyl (C=O) groups is 1. The normalized spacial score (nSPS) is 13.6. The SMILES string of the molecule is COC(=O)c1cc(-c2ccccn2)c(=O)n2c1CCCC2. The summed E-state index contributed by atoms with van der Waals surface area (Å²) in [4.78, 5) is 28.9. The van der Waals surface area contributed by atoms with Crippen molar-refractivity contribution in [1.82, 2.24) is 9.55 Å². The first-order valence-electron chi connectivity index (χ1n) is 6.99. The third kappa shape index (κ3) is 2.35. The van der Waals surface area contributed by atoms with Gasteiger partial charge in [0.05, 0.1) is 23.9 Å². The van der Waals surface area contributed by atoms with Crippen LogP contribution in [0.1, 0.15) is 28.9 Å². The van der Waals surface area contributed by atoms with E-state index >= 15 is 0 Å². The highest BCUT2D eigenvalue weighted by Gasteiger charge is 2.23. The van der Waals surface area contributed by atoms with Crippen LogP contribution in [-0.4, -0.2) is 22.6 Å². The minimum absolute atomic E-state index is 0.0870. The molecule has 0 aromatic carbocycles. The molecule has 2 aromatic rings. The molecule has 0 unspecified atom stereocenters. The van der Waals surface area contributed by atoms with Crippen molar-refractivity contribution >= 4 is 5.97 Å². The molecule has 108 valence electrons. The standard InChI is InChI=1S/C16H16N2O3/c1-21-16(20)12-10-11(13-6-2-4-8-17-13)15(19)18-9-5-3-7-14(12)18/h2,4,6,8,10H,3,5,7,9H2,1H3. The van der Waals surface area contributed by atoms with Gasteiger partial charge in [-0.2, -0.15) is 0 Å². The van der Waals surface area contributed by atoms with Gasteiger partial charge in [0.2, 0.25) is 0 Å². The molecule has 21 heavy (non-hydrogen) atoms. The Morgan fingerprint density at radius 3 is 2.90 bits per heavy atom. The summed E-state index contributed by atoms with van der Waals surface area (Å²) in [6.07, 6.45) is 4.28. The Morgan fingerprint density at radius 1 is 1.33 bits per heavy atom. The lowest BCUT2D eigenvalue weighted by molar-refractivity contribution is 0.0597. The second-order valence-corrected chi connectivity index (χ2v) is 5.04. The number of carbonyl (C=O) groups excluding carboxylic acids is 1. The van der Waals surface area contributed by atoms with E-state index in [2.05, 4.69) is 4.98 Å². The minimum Gasteiger partial charge on any atom is -0.465 e. The quantitative estimate of drug-likeness (QED) is 0.792. The predicted molar refractivity (Wildman–Crippen MR) is 78.2 cm³/mol. The van der Waals surface area contributed by atoms with Crippen molar-refractivity contribution in [3.05, 3.63) is 52.1 Å². The van der Waals surface area contributed by atoms with E-state index in [1.807, 2.05) is 6.07 Å². The van der Waals surface area contributed by atoms with E-state index in [4.69, 9.17) is 4.74 Å². The van der Waals surface area contributed by atoms with Crippen LogP contribution in [0.25, 0.3) is 11.3 Å². The third-order valence-corrected chi connectivity index (χ3v) is 3.79. The molecule has 0 bridgehead atoms. The Kier molecular flexibility index (Phi) is 3.56. The second-order valence-electron chi connectivity index (χ2n) is 5.04. The summed E-state index contributed by atoms with van der Waals surface area (Å²) < 4.78 is 6.55. The first-order valence-corrected chi connectivity index (χ1v) is 6.99. The molecule has 1 aliphatic rings. The molecule has 3 heterocycles. The van der Waals surface area contributed by atoms with Crippen LogP contribution in [0.2, 0.25) is 0 Å². The lowest BCUT2D eigenvalue weighted by atomic mass is 10.00. The average molecular weight is 284 g/mol. The zero-order valence-electron chi connectivity index (χ0n) is 11.8. The van der Waals surface area contributed by atoms with E-state index in [1.165, 1.54) is 7.11 Å². The number of nitrogens with zero attached hydrogens (tertiary/aromatic N) is 2. The molecule has 0 N–H and O–H groups in total. The smallest absolute Gasteiger partial charge is 0.339 e. The Bertz CT molecular complexity index is 735. The number of pyridine rings is 2. The van der Waals surface area contributed by atoms with Crippen LogP contribution in [0, 0.1) is 0 Å². The Hall–Kier alpha value is -2.43. The maximum atomic E-state index is 12.6. The summed E-state index contributed by atoms with van der Waals surface area (Å²) in [6, 6.07) is 7.01. The van der Waals surface area contributed by atoms with Crippen LogP contribution >= 0.6 is 0 Å². The van der Waals surface area contributed by atoms with E-state index in [9.17, 15) is 9.59 Å². The molecule has 0 saturated heterocycles. The molecule has 0 atom stereocenters. The summed E-state index contributed by atoms with van der Waals surface area (Å²) >= 11 is 0. The summed E-state index contributed by atoms with van der Waals surface area (Å²) in [5, 5.41) is 0. The van der Waals surface area contributed by atoms with Crippen molar-refractivity contribution in [3.63, 3.8) is 0 Å². The zero-order valence-corrected chi connectivity index (χ0v) is 11.8. The highest BCUT2D eigenvalue weighted by atomic mass is 16.5. The lowest BCUT2D eigenvalue weighted by Crippen LogP contribution is -2.30. The van der Waals surface area contributed by atoms with Gasteiger partial charge in [0, 0.05) is 18.4 Å². The number of hydrogen-bond donors (Lipinski definition) is 0. The van der Waals surface area contributed by atoms with E-state index in [0.717, 1.165) is 25.0 Å². The molecule has 0 spiro atoms. The largest absolute Gasteiger partial charge is 0.465 e.